The minimum Gasteiger partial charge on any atom is -0.462 e. The molecule has 0 aliphatic carbocycles. The largest absolute Gasteiger partial charge is 0.472 e. The van der Waals surface area contributed by atoms with Crippen molar-refractivity contribution < 1.29 is 42.1 Å². The van der Waals surface area contributed by atoms with E-state index in [0.29, 0.717) is 23.9 Å². The number of unbranched alkanes of at least 4 members (excludes halogenated alkanes) is 46. The molecule has 0 bridgehead atoms. The number of esters is 2. The second-order valence-corrected chi connectivity index (χ2v) is 27.4. The molecule has 0 aromatic carbocycles. The third-order valence-electron chi connectivity index (χ3n) is 16.3. The van der Waals surface area contributed by atoms with Gasteiger partial charge in [0.25, 0.3) is 0 Å². The lowest BCUT2D eigenvalue weighted by Gasteiger charge is -2.24. The van der Waals surface area contributed by atoms with Gasteiger partial charge in [0.05, 0.1) is 27.7 Å². The van der Waals surface area contributed by atoms with Crippen molar-refractivity contribution in [1.29, 1.82) is 0 Å². The van der Waals surface area contributed by atoms with Gasteiger partial charge in [-0.05, 0) is 77.0 Å². The Kier molecular flexibility index (Phi) is 63.8. The standard InChI is InChI=1S/C74H140NO8P/c1-6-8-10-12-14-16-18-20-22-24-26-28-30-32-34-36-37-39-41-43-45-47-49-51-53-55-57-59-61-63-65-67-74(77)83-72(71-82-84(78,79)81-69-68-75(3,4)5)70-80-73(76)66-64-62-60-58-56-54-52-50-48-46-44-42-40-38-35-33-31-29-27-25-23-21-19-17-15-13-11-9-7-2/h18-21,24-27,72H,6-17,22-23,28-71H2,1-5H3/p+1/b20-18-,21-19-,26-24-,27-25-. The summed E-state index contributed by atoms with van der Waals surface area (Å²) >= 11 is 0. The van der Waals surface area contributed by atoms with Gasteiger partial charge in [0, 0.05) is 12.8 Å². The van der Waals surface area contributed by atoms with E-state index in [1.165, 1.54) is 283 Å². The Bertz CT molecular complexity index is 1560. The summed E-state index contributed by atoms with van der Waals surface area (Å²) in [6.45, 7) is 4.48. The maximum Gasteiger partial charge on any atom is 0.472 e. The third kappa shape index (κ3) is 69.1. The number of hydrogen-bond acceptors (Lipinski definition) is 7. The first kappa shape index (κ1) is 82.0. The lowest BCUT2D eigenvalue weighted by atomic mass is 10.0. The van der Waals surface area contributed by atoms with Gasteiger partial charge >= 0.3 is 19.8 Å². The van der Waals surface area contributed by atoms with Crippen LogP contribution in [-0.2, 0) is 32.7 Å². The molecule has 0 aliphatic rings. The monoisotopic (exact) mass is 1200 g/mol. The fourth-order valence-electron chi connectivity index (χ4n) is 10.7. The predicted molar refractivity (Wildman–Crippen MR) is 363 cm³/mol. The van der Waals surface area contributed by atoms with Crippen molar-refractivity contribution in [2.24, 2.45) is 0 Å². The van der Waals surface area contributed by atoms with Crippen molar-refractivity contribution >= 4 is 19.8 Å². The topological polar surface area (TPSA) is 108 Å². The van der Waals surface area contributed by atoms with Gasteiger partial charge in [0.1, 0.15) is 19.8 Å². The van der Waals surface area contributed by atoms with E-state index in [-0.39, 0.29) is 25.6 Å². The maximum absolute atomic E-state index is 12.9. The second kappa shape index (κ2) is 65.4. The van der Waals surface area contributed by atoms with Gasteiger partial charge < -0.3 is 18.9 Å². The van der Waals surface area contributed by atoms with Gasteiger partial charge in [-0.1, -0.05) is 319 Å². The van der Waals surface area contributed by atoms with Crippen LogP contribution in [0.2, 0.25) is 0 Å². The van der Waals surface area contributed by atoms with Crippen LogP contribution in [0, 0.1) is 0 Å². The summed E-state index contributed by atoms with van der Waals surface area (Å²) in [5.41, 5.74) is 0. The molecule has 1 N–H and O–H groups in total. The summed E-state index contributed by atoms with van der Waals surface area (Å²) in [4.78, 5) is 35.9. The summed E-state index contributed by atoms with van der Waals surface area (Å²) in [5, 5.41) is 0. The fourth-order valence-corrected chi connectivity index (χ4v) is 11.5. The Morgan fingerprint density at radius 3 is 0.940 bits per heavy atom. The first-order chi connectivity index (χ1) is 41.0. The van der Waals surface area contributed by atoms with E-state index in [4.69, 9.17) is 18.5 Å². The number of phosphoric acid groups is 1. The minimum absolute atomic E-state index is 0.0337. The molecule has 84 heavy (non-hydrogen) atoms. The number of rotatable bonds is 68. The Labute approximate surface area is 522 Å². The lowest BCUT2D eigenvalue weighted by Crippen LogP contribution is -2.37. The Morgan fingerprint density at radius 1 is 0.369 bits per heavy atom. The molecule has 494 valence electrons. The molecule has 0 heterocycles. The average molecular weight is 1200 g/mol. The summed E-state index contributed by atoms with van der Waals surface area (Å²) in [6.07, 6.45) is 85.1. The van der Waals surface area contributed by atoms with Crippen molar-refractivity contribution in [2.75, 3.05) is 47.5 Å². The van der Waals surface area contributed by atoms with Gasteiger partial charge in [-0.15, -0.1) is 0 Å². The van der Waals surface area contributed by atoms with Crippen LogP contribution in [0.4, 0.5) is 0 Å². The molecule has 9 nitrogen and oxygen atoms in total. The number of carbonyl (C=O) groups excluding carboxylic acids is 2. The van der Waals surface area contributed by atoms with Crippen molar-refractivity contribution in [3.05, 3.63) is 48.6 Å². The molecule has 0 saturated carbocycles. The SMILES string of the molecule is CCCCCCC/C=C\C/C=C\CCCCCCCCCCCCCCCCCCCCCC(=O)OC(COC(=O)CCCCCCCCCCCCCCCCCCC/C=C\C/C=C\CCCCCCC)COP(=O)(O)OCC[N+](C)(C)C. The van der Waals surface area contributed by atoms with Crippen LogP contribution in [0.5, 0.6) is 0 Å². The highest BCUT2D eigenvalue weighted by Crippen LogP contribution is 2.43. The third-order valence-corrected chi connectivity index (χ3v) is 17.3. The van der Waals surface area contributed by atoms with Gasteiger partial charge in [-0.2, -0.15) is 0 Å². The number of quaternary nitrogens is 1. The quantitative estimate of drug-likeness (QED) is 0.0211. The van der Waals surface area contributed by atoms with Crippen LogP contribution in [-0.4, -0.2) is 74.9 Å². The fraction of sp³-hybridized carbons (Fsp3) is 0.865. The van der Waals surface area contributed by atoms with Crippen LogP contribution in [0.25, 0.3) is 0 Å². The van der Waals surface area contributed by atoms with Crippen molar-refractivity contribution in [2.45, 2.75) is 367 Å². The van der Waals surface area contributed by atoms with E-state index in [1.54, 1.807) is 0 Å². The van der Waals surface area contributed by atoms with Crippen LogP contribution >= 0.6 is 7.82 Å². The highest BCUT2D eigenvalue weighted by atomic mass is 31.2. The summed E-state index contributed by atoms with van der Waals surface area (Å²) < 4.78 is 34.8. The predicted octanol–water partition coefficient (Wildman–Crippen LogP) is 23.6. The van der Waals surface area contributed by atoms with Crippen LogP contribution in [0.1, 0.15) is 361 Å². The first-order valence-electron chi connectivity index (χ1n) is 36.4. The molecule has 0 spiro atoms. The van der Waals surface area contributed by atoms with Crippen molar-refractivity contribution in [1.82, 2.24) is 0 Å². The van der Waals surface area contributed by atoms with Crippen LogP contribution in [0.3, 0.4) is 0 Å². The highest BCUT2D eigenvalue weighted by molar-refractivity contribution is 7.47. The first-order valence-corrected chi connectivity index (χ1v) is 37.9. The number of likely N-dealkylation sites (N-methyl/N-ethyl adjacent to an activating group) is 1. The van der Waals surface area contributed by atoms with Gasteiger partial charge in [0.2, 0.25) is 0 Å². The van der Waals surface area contributed by atoms with Crippen molar-refractivity contribution in [3.8, 4) is 0 Å². The van der Waals surface area contributed by atoms with E-state index in [0.717, 1.165) is 44.9 Å². The van der Waals surface area contributed by atoms with Gasteiger partial charge in [0.15, 0.2) is 6.10 Å². The zero-order valence-electron chi connectivity index (χ0n) is 56.4. The van der Waals surface area contributed by atoms with E-state index >= 15 is 0 Å². The molecule has 0 aliphatic heterocycles. The zero-order chi connectivity index (χ0) is 61.2. The molecule has 2 atom stereocenters. The van der Waals surface area contributed by atoms with E-state index in [1.807, 2.05) is 21.1 Å². The second-order valence-electron chi connectivity index (χ2n) is 26.0. The molecule has 0 fully saturated rings. The van der Waals surface area contributed by atoms with E-state index < -0.39 is 26.5 Å². The molecule has 0 aromatic rings. The number of ether oxygens (including phenoxy) is 2. The number of hydrogen-bond donors (Lipinski definition) is 1. The smallest absolute Gasteiger partial charge is 0.462 e. The maximum atomic E-state index is 12.9. The molecule has 2 unspecified atom stereocenters. The Balaban J connectivity index is 3.99. The van der Waals surface area contributed by atoms with Crippen LogP contribution in [0.15, 0.2) is 48.6 Å². The highest BCUT2D eigenvalue weighted by Gasteiger charge is 2.27. The summed E-state index contributed by atoms with van der Waals surface area (Å²) in [5.74, 6) is -0.777. The molecule has 0 amide bonds. The Morgan fingerprint density at radius 2 is 0.643 bits per heavy atom. The van der Waals surface area contributed by atoms with Gasteiger partial charge in [-0.3, -0.25) is 18.6 Å². The molecular weight excluding hydrogens is 1060 g/mol. The molecule has 10 heteroatoms. The van der Waals surface area contributed by atoms with E-state index in [9.17, 15) is 19.0 Å². The number of allylic oxidation sites excluding steroid dienone is 8. The molecule has 0 aromatic heterocycles. The zero-order valence-corrected chi connectivity index (χ0v) is 57.3. The summed E-state index contributed by atoms with van der Waals surface area (Å²) in [6, 6.07) is 0. The average Bonchev–Trinajstić information content (AvgIpc) is 3.61. The number of carbonyl (C=O) groups is 2. The minimum atomic E-state index is -4.39. The molecular formula is C74H141NO8P+. The Hall–Kier alpha value is -2.03. The normalized spacial score (nSPS) is 13.4. The van der Waals surface area contributed by atoms with Crippen LogP contribution < -0.4 is 0 Å². The number of phosphoric ester groups is 1. The van der Waals surface area contributed by atoms with Crippen molar-refractivity contribution in [3.63, 3.8) is 0 Å². The number of nitrogens with zero attached hydrogens (tertiary/aromatic N) is 1. The summed E-state index contributed by atoms with van der Waals surface area (Å²) in [7, 11) is 1.49. The van der Waals surface area contributed by atoms with Gasteiger partial charge in [-0.25, -0.2) is 4.57 Å². The lowest BCUT2D eigenvalue weighted by molar-refractivity contribution is -0.870. The molecule has 0 rings (SSSR count). The molecule has 0 radical (unpaired) electrons. The van der Waals surface area contributed by atoms with E-state index in [2.05, 4.69) is 62.5 Å². The molecule has 0 saturated heterocycles.